The molecule has 30 heavy (non-hydrogen) atoms. The van der Waals surface area contributed by atoms with Gasteiger partial charge in [0.15, 0.2) is 5.82 Å². The third-order valence-electron chi connectivity index (χ3n) is 5.12. The lowest BCUT2D eigenvalue weighted by Crippen LogP contribution is -2.33. The lowest BCUT2D eigenvalue weighted by Gasteiger charge is -2.22. The summed E-state index contributed by atoms with van der Waals surface area (Å²) in [7, 11) is -3.36. The Bertz CT molecular complexity index is 927. The number of aliphatic hydroxyl groups is 1. The highest BCUT2D eigenvalue weighted by atomic mass is 32.2. The van der Waals surface area contributed by atoms with E-state index in [1.54, 1.807) is 0 Å². The van der Waals surface area contributed by atoms with Crippen molar-refractivity contribution in [2.24, 2.45) is 5.92 Å². The van der Waals surface area contributed by atoms with Crippen molar-refractivity contribution in [1.29, 1.82) is 0 Å². The standard InChI is InChI=1S/C20H31N5O4S/c1-15(2)19(23-30(3,27)28)20-22-21-18-8-9-24(10-11-25(18)20)14-16-4-6-17(7-5-16)29-13-12-26/h4-7,15,19,23,26H,8-14H2,1-3H3. The average molecular weight is 438 g/mol. The molecule has 1 unspecified atom stereocenters. The number of nitrogens with one attached hydrogen (secondary N) is 1. The Morgan fingerprint density at radius 1 is 1.17 bits per heavy atom. The minimum Gasteiger partial charge on any atom is -0.491 e. The zero-order valence-corrected chi connectivity index (χ0v) is 18.6. The van der Waals surface area contributed by atoms with Crippen molar-refractivity contribution in [2.75, 3.05) is 32.6 Å². The molecule has 1 atom stereocenters. The van der Waals surface area contributed by atoms with Crippen LogP contribution in [0.2, 0.25) is 0 Å². The molecule has 0 saturated heterocycles. The van der Waals surface area contributed by atoms with Crippen LogP contribution in [-0.4, -0.2) is 65.7 Å². The van der Waals surface area contributed by atoms with Crippen LogP contribution in [0.25, 0.3) is 0 Å². The number of nitrogens with zero attached hydrogens (tertiary/aromatic N) is 4. The minimum absolute atomic E-state index is 0.00141. The highest BCUT2D eigenvalue weighted by molar-refractivity contribution is 7.88. The minimum atomic E-state index is -3.36. The van der Waals surface area contributed by atoms with Crippen LogP contribution in [0.4, 0.5) is 0 Å². The summed E-state index contributed by atoms with van der Waals surface area (Å²) in [5, 5.41) is 17.5. The van der Waals surface area contributed by atoms with Gasteiger partial charge in [0.05, 0.1) is 18.9 Å². The highest BCUT2D eigenvalue weighted by Gasteiger charge is 2.28. The first-order valence-corrected chi connectivity index (χ1v) is 12.1. The van der Waals surface area contributed by atoms with E-state index in [-0.39, 0.29) is 12.5 Å². The maximum Gasteiger partial charge on any atom is 0.209 e. The molecule has 1 aromatic carbocycles. The molecule has 2 N–H and O–H groups in total. The number of hydrogen-bond acceptors (Lipinski definition) is 7. The third-order valence-corrected chi connectivity index (χ3v) is 5.80. The molecule has 2 heterocycles. The summed E-state index contributed by atoms with van der Waals surface area (Å²) in [4.78, 5) is 2.36. The van der Waals surface area contributed by atoms with Crippen molar-refractivity contribution in [2.45, 2.75) is 39.4 Å². The Labute approximate surface area is 178 Å². The number of ether oxygens (including phenoxy) is 1. The van der Waals surface area contributed by atoms with Gasteiger partial charge in [0.25, 0.3) is 0 Å². The summed E-state index contributed by atoms with van der Waals surface area (Å²) < 4.78 is 33.8. The smallest absolute Gasteiger partial charge is 0.209 e. The predicted molar refractivity (Wildman–Crippen MR) is 114 cm³/mol. The van der Waals surface area contributed by atoms with E-state index < -0.39 is 16.1 Å². The number of hydrogen-bond donors (Lipinski definition) is 2. The van der Waals surface area contributed by atoms with E-state index >= 15 is 0 Å². The Hall–Kier alpha value is -2.01. The molecule has 0 spiro atoms. The molecule has 166 valence electrons. The normalized spacial score (nSPS) is 16.3. The molecular formula is C20H31N5O4S. The fourth-order valence-corrected chi connectivity index (χ4v) is 4.45. The van der Waals surface area contributed by atoms with Gasteiger partial charge in [-0.25, -0.2) is 13.1 Å². The number of rotatable bonds is 9. The van der Waals surface area contributed by atoms with Crippen molar-refractivity contribution >= 4 is 10.0 Å². The molecule has 0 saturated carbocycles. The second kappa shape index (κ2) is 9.86. The lowest BCUT2D eigenvalue weighted by molar-refractivity contribution is 0.201. The molecule has 9 nitrogen and oxygen atoms in total. The monoisotopic (exact) mass is 437 g/mol. The largest absolute Gasteiger partial charge is 0.491 e. The van der Waals surface area contributed by atoms with Gasteiger partial charge in [-0.1, -0.05) is 26.0 Å². The van der Waals surface area contributed by atoms with Gasteiger partial charge < -0.3 is 14.4 Å². The summed E-state index contributed by atoms with van der Waals surface area (Å²) in [6.45, 7) is 7.44. The summed E-state index contributed by atoms with van der Waals surface area (Å²) >= 11 is 0. The summed E-state index contributed by atoms with van der Waals surface area (Å²) in [6, 6.07) is 7.50. The molecule has 1 aliphatic rings. The molecule has 1 aliphatic heterocycles. The van der Waals surface area contributed by atoms with Crippen molar-refractivity contribution in [3.63, 3.8) is 0 Å². The van der Waals surface area contributed by atoms with Crippen molar-refractivity contribution in [1.82, 2.24) is 24.4 Å². The first-order chi connectivity index (χ1) is 14.3. The fourth-order valence-electron chi connectivity index (χ4n) is 3.61. The molecule has 1 aromatic heterocycles. The van der Waals surface area contributed by atoms with Crippen molar-refractivity contribution in [3.8, 4) is 5.75 Å². The van der Waals surface area contributed by atoms with E-state index in [9.17, 15) is 8.42 Å². The van der Waals surface area contributed by atoms with Gasteiger partial charge in [-0.15, -0.1) is 10.2 Å². The Morgan fingerprint density at radius 3 is 2.53 bits per heavy atom. The summed E-state index contributed by atoms with van der Waals surface area (Å²) in [6.07, 6.45) is 1.93. The molecule has 0 amide bonds. The van der Waals surface area contributed by atoms with Gasteiger partial charge in [-0.3, -0.25) is 4.90 Å². The van der Waals surface area contributed by atoms with Crippen molar-refractivity contribution in [3.05, 3.63) is 41.5 Å². The molecule has 0 bridgehead atoms. The van der Waals surface area contributed by atoms with Gasteiger partial charge in [-0.2, -0.15) is 0 Å². The van der Waals surface area contributed by atoms with Crippen LogP contribution >= 0.6 is 0 Å². The predicted octanol–water partition coefficient (Wildman–Crippen LogP) is 0.954. The number of fused-ring (bicyclic) bond motifs is 1. The van der Waals surface area contributed by atoms with E-state index in [0.717, 1.165) is 37.6 Å². The number of aromatic nitrogens is 3. The van der Waals surface area contributed by atoms with E-state index in [1.807, 2.05) is 38.1 Å². The quantitative estimate of drug-likeness (QED) is 0.601. The Kier molecular flexibility index (Phi) is 7.45. The van der Waals surface area contributed by atoms with Crippen LogP contribution < -0.4 is 9.46 Å². The van der Waals surface area contributed by atoms with Crippen molar-refractivity contribution < 1.29 is 18.3 Å². The van der Waals surface area contributed by atoms with Gasteiger partial charge in [-0.05, 0) is 23.6 Å². The van der Waals surface area contributed by atoms with E-state index in [2.05, 4.69) is 24.4 Å². The van der Waals surface area contributed by atoms with Gasteiger partial charge in [0.2, 0.25) is 10.0 Å². The first-order valence-electron chi connectivity index (χ1n) is 10.2. The highest BCUT2D eigenvalue weighted by Crippen LogP contribution is 2.23. The van der Waals surface area contributed by atoms with Crippen LogP contribution in [0.5, 0.6) is 5.75 Å². The number of benzene rings is 1. The van der Waals surface area contributed by atoms with Gasteiger partial charge in [0.1, 0.15) is 18.2 Å². The molecule has 0 aliphatic carbocycles. The first kappa shape index (κ1) is 22.7. The van der Waals surface area contributed by atoms with Crippen LogP contribution in [-0.2, 0) is 29.5 Å². The Morgan fingerprint density at radius 2 is 1.90 bits per heavy atom. The SMILES string of the molecule is CC(C)C(NS(C)(=O)=O)c1nnc2n1CCN(Cc1ccc(OCCO)cc1)CC2. The second-order valence-electron chi connectivity index (χ2n) is 7.98. The molecule has 3 rings (SSSR count). The zero-order valence-electron chi connectivity index (χ0n) is 17.8. The molecule has 2 aromatic rings. The van der Waals surface area contributed by atoms with E-state index in [4.69, 9.17) is 9.84 Å². The second-order valence-corrected chi connectivity index (χ2v) is 9.76. The lowest BCUT2D eigenvalue weighted by atomic mass is 10.1. The molecule has 10 heteroatoms. The maximum absolute atomic E-state index is 11.8. The molecule has 0 radical (unpaired) electrons. The maximum atomic E-state index is 11.8. The van der Waals surface area contributed by atoms with Crippen LogP contribution in [0, 0.1) is 5.92 Å². The van der Waals surface area contributed by atoms with Crippen LogP contribution in [0.15, 0.2) is 24.3 Å². The molecular weight excluding hydrogens is 406 g/mol. The average Bonchev–Trinajstić information content (AvgIpc) is 2.98. The zero-order chi connectivity index (χ0) is 21.7. The Balaban J connectivity index is 1.67. The molecule has 0 fully saturated rings. The van der Waals surface area contributed by atoms with E-state index in [1.165, 1.54) is 11.8 Å². The van der Waals surface area contributed by atoms with Gasteiger partial charge in [0, 0.05) is 32.6 Å². The van der Waals surface area contributed by atoms with E-state index in [0.29, 0.717) is 19.0 Å². The summed E-state index contributed by atoms with van der Waals surface area (Å²) in [5.41, 5.74) is 1.18. The summed E-state index contributed by atoms with van der Waals surface area (Å²) in [5.74, 6) is 2.37. The number of sulfonamides is 1. The van der Waals surface area contributed by atoms with Gasteiger partial charge >= 0.3 is 0 Å². The third kappa shape index (κ3) is 6.00. The fraction of sp³-hybridized carbons (Fsp3) is 0.600. The van der Waals surface area contributed by atoms with Crippen LogP contribution in [0.3, 0.4) is 0 Å². The topological polar surface area (TPSA) is 110 Å². The van der Waals surface area contributed by atoms with Crippen LogP contribution in [0.1, 0.15) is 37.1 Å². The number of aliphatic hydroxyl groups excluding tert-OH is 1.